The van der Waals surface area contributed by atoms with Gasteiger partial charge in [-0.3, -0.25) is 4.79 Å². The van der Waals surface area contributed by atoms with E-state index in [-0.39, 0.29) is 18.3 Å². The van der Waals surface area contributed by atoms with Gasteiger partial charge in [-0.2, -0.15) is 0 Å². The number of aliphatic hydroxyl groups excluding tert-OH is 1. The highest BCUT2D eigenvalue weighted by Crippen LogP contribution is 2.21. The highest BCUT2D eigenvalue weighted by molar-refractivity contribution is 5.94. The maximum absolute atomic E-state index is 13.1. The molecular formula is C14H18FNO2. The Bertz CT molecular complexity index is 447. The van der Waals surface area contributed by atoms with Gasteiger partial charge in [-0.15, -0.1) is 0 Å². The molecule has 1 aromatic rings. The van der Waals surface area contributed by atoms with Crippen LogP contribution in [-0.2, 0) is 0 Å². The number of hydrogen-bond donors (Lipinski definition) is 1. The van der Waals surface area contributed by atoms with E-state index < -0.39 is 0 Å². The van der Waals surface area contributed by atoms with Crippen LogP contribution in [0.25, 0.3) is 0 Å². The van der Waals surface area contributed by atoms with Crippen molar-refractivity contribution in [3.8, 4) is 0 Å². The van der Waals surface area contributed by atoms with Crippen molar-refractivity contribution in [3.05, 3.63) is 35.1 Å². The van der Waals surface area contributed by atoms with Gasteiger partial charge in [-0.1, -0.05) is 0 Å². The fourth-order valence-electron chi connectivity index (χ4n) is 2.40. The van der Waals surface area contributed by atoms with E-state index in [4.69, 9.17) is 5.11 Å². The third-order valence-electron chi connectivity index (χ3n) is 3.52. The summed E-state index contributed by atoms with van der Waals surface area (Å²) < 4.78 is 13.1. The van der Waals surface area contributed by atoms with Gasteiger partial charge in [0.2, 0.25) is 0 Å². The van der Waals surface area contributed by atoms with Crippen molar-refractivity contribution in [2.24, 2.45) is 5.92 Å². The zero-order chi connectivity index (χ0) is 13.1. The minimum Gasteiger partial charge on any atom is -0.396 e. The van der Waals surface area contributed by atoms with Gasteiger partial charge in [0, 0.05) is 25.3 Å². The second kappa shape index (κ2) is 5.48. The number of carbonyl (C=O) groups is 1. The van der Waals surface area contributed by atoms with E-state index in [1.807, 2.05) is 0 Å². The highest BCUT2D eigenvalue weighted by atomic mass is 19.1. The quantitative estimate of drug-likeness (QED) is 0.892. The van der Waals surface area contributed by atoms with Crippen molar-refractivity contribution in [1.82, 2.24) is 4.90 Å². The molecule has 1 aromatic carbocycles. The van der Waals surface area contributed by atoms with Gasteiger partial charge in [0.05, 0.1) is 0 Å². The summed E-state index contributed by atoms with van der Waals surface area (Å²) in [5.74, 6) is 0.0603. The fraction of sp³-hybridized carbons (Fsp3) is 0.500. The van der Waals surface area contributed by atoms with Gasteiger partial charge in [0.1, 0.15) is 5.82 Å². The Kier molecular flexibility index (Phi) is 3.97. The number of halogens is 1. The van der Waals surface area contributed by atoms with E-state index in [1.165, 1.54) is 12.1 Å². The van der Waals surface area contributed by atoms with Crippen LogP contribution in [-0.4, -0.2) is 35.6 Å². The van der Waals surface area contributed by atoms with E-state index in [9.17, 15) is 9.18 Å². The molecule has 0 aliphatic carbocycles. The number of hydrogen-bond acceptors (Lipinski definition) is 2. The van der Waals surface area contributed by atoms with E-state index >= 15 is 0 Å². The summed E-state index contributed by atoms with van der Waals surface area (Å²) in [7, 11) is 0. The van der Waals surface area contributed by atoms with E-state index in [0.717, 1.165) is 19.4 Å². The largest absolute Gasteiger partial charge is 0.396 e. The van der Waals surface area contributed by atoms with Crippen LogP contribution >= 0.6 is 0 Å². The fourth-order valence-corrected chi connectivity index (χ4v) is 2.40. The molecule has 1 aliphatic heterocycles. The summed E-state index contributed by atoms with van der Waals surface area (Å²) >= 11 is 0. The monoisotopic (exact) mass is 251 g/mol. The Morgan fingerprint density at radius 1 is 1.56 bits per heavy atom. The minimum absolute atomic E-state index is 0.0430. The molecule has 98 valence electrons. The van der Waals surface area contributed by atoms with Gasteiger partial charge in [0.15, 0.2) is 0 Å². The van der Waals surface area contributed by atoms with Crippen LogP contribution < -0.4 is 0 Å². The van der Waals surface area contributed by atoms with Gasteiger partial charge >= 0.3 is 0 Å². The van der Waals surface area contributed by atoms with Crippen molar-refractivity contribution < 1.29 is 14.3 Å². The zero-order valence-electron chi connectivity index (χ0n) is 10.5. The number of aryl methyl sites for hydroxylation is 1. The second-order valence-electron chi connectivity index (χ2n) is 4.88. The van der Waals surface area contributed by atoms with Crippen molar-refractivity contribution in [2.75, 3.05) is 19.7 Å². The molecule has 1 N–H and O–H groups in total. The lowest BCUT2D eigenvalue weighted by Crippen LogP contribution is -2.28. The number of nitrogens with zero attached hydrogens (tertiary/aromatic N) is 1. The summed E-state index contributed by atoms with van der Waals surface area (Å²) in [6.07, 6.45) is 1.68. The maximum atomic E-state index is 13.1. The number of rotatable bonds is 3. The lowest BCUT2D eigenvalue weighted by Gasteiger charge is -2.16. The first-order valence-electron chi connectivity index (χ1n) is 6.28. The standard InChI is InChI=1S/C14H18FNO2/c1-10-8-12(2-3-13(10)15)14(18)16-6-4-11(9-16)5-7-17/h2-3,8,11,17H,4-7,9H2,1H3. The van der Waals surface area contributed by atoms with Crippen molar-refractivity contribution >= 4 is 5.91 Å². The molecule has 1 fully saturated rings. The lowest BCUT2D eigenvalue weighted by atomic mass is 10.1. The Balaban J connectivity index is 2.05. The van der Waals surface area contributed by atoms with E-state index in [0.29, 0.717) is 23.6 Å². The topological polar surface area (TPSA) is 40.5 Å². The Hall–Kier alpha value is -1.42. The molecule has 1 amide bonds. The SMILES string of the molecule is Cc1cc(C(=O)N2CCC(CCO)C2)ccc1F. The Morgan fingerprint density at radius 2 is 2.33 bits per heavy atom. The summed E-state index contributed by atoms with van der Waals surface area (Å²) in [4.78, 5) is 14.0. The third-order valence-corrected chi connectivity index (χ3v) is 3.52. The molecule has 1 aliphatic rings. The van der Waals surface area contributed by atoms with Crippen LogP contribution in [0, 0.1) is 18.7 Å². The molecule has 4 heteroatoms. The predicted molar refractivity (Wildman–Crippen MR) is 66.9 cm³/mol. The van der Waals surface area contributed by atoms with Crippen LogP contribution in [0.1, 0.15) is 28.8 Å². The molecular weight excluding hydrogens is 233 g/mol. The zero-order valence-corrected chi connectivity index (χ0v) is 10.5. The molecule has 0 saturated carbocycles. The van der Waals surface area contributed by atoms with Crippen LogP contribution in [0.4, 0.5) is 4.39 Å². The third kappa shape index (κ3) is 2.70. The number of carbonyl (C=O) groups excluding carboxylic acids is 1. The average molecular weight is 251 g/mol. The Morgan fingerprint density at radius 3 is 3.00 bits per heavy atom. The lowest BCUT2D eigenvalue weighted by molar-refractivity contribution is 0.0784. The van der Waals surface area contributed by atoms with Crippen LogP contribution in [0.15, 0.2) is 18.2 Å². The minimum atomic E-state index is -0.286. The molecule has 3 nitrogen and oxygen atoms in total. The first kappa shape index (κ1) is 13.0. The average Bonchev–Trinajstić information content (AvgIpc) is 2.81. The summed E-state index contributed by atoms with van der Waals surface area (Å²) in [5.41, 5.74) is 1.03. The van der Waals surface area contributed by atoms with Crippen LogP contribution in [0.5, 0.6) is 0 Å². The molecule has 0 aromatic heterocycles. The maximum Gasteiger partial charge on any atom is 0.253 e. The second-order valence-corrected chi connectivity index (χ2v) is 4.88. The normalized spacial score (nSPS) is 19.3. The number of amides is 1. The number of aliphatic hydroxyl groups is 1. The van der Waals surface area contributed by atoms with Crippen molar-refractivity contribution in [2.45, 2.75) is 19.8 Å². The molecule has 2 rings (SSSR count). The van der Waals surface area contributed by atoms with E-state index in [1.54, 1.807) is 17.9 Å². The summed E-state index contributed by atoms with van der Waals surface area (Å²) in [5, 5.41) is 8.89. The number of likely N-dealkylation sites (tertiary alicyclic amines) is 1. The molecule has 0 radical (unpaired) electrons. The van der Waals surface area contributed by atoms with Crippen molar-refractivity contribution in [3.63, 3.8) is 0 Å². The van der Waals surface area contributed by atoms with Crippen LogP contribution in [0.2, 0.25) is 0 Å². The molecule has 0 bridgehead atoms. The molecule has 18 heavy (non-hydrogen) atoms. The molecule has 1 saturated heterocycles. The van der Waals surface area contributed by atoms with Crippen molar-refractivity contribution in [1.29, 1.82) is 0 Å². The van der Waals surface area contributed by atoms with E-state index in [2.05, 4.69) is 0 Å². The van der Waals surface area contributed by atoms with Gasteiger partial charge < -0.3 is 10.0 Å². The summed E-state index contributed by atoms with van der Waals surface area (Å²) in [6.45, 7) is 3.24. The molecule has 0 spiro atoms. The first-order valence-corrected chi connectivity index (χ1v) is 6.28. The molecule has 1 heterocycles. The van der Waals surface area contributed by atoms with Gasteiger partial charge in [-0.05, 0) is 49.4 Å². The Labute approximate surface area is 106 Å². The van der Waals surface area contributed by atoms with Crippen LogP contribution in [0.3, 0.4) is 0 Å². The molecule has 1 unspecified atom stereocenters. The number of benzene rings is 1. The smallest absolute Gasteiger partial charge is 0.253 e. The first-order chi connectivity index (χ1) is 8.61. The molecule has 1 atom stereocenters. The van der Waals surface area contributed by atoms with Gasteiger partial charge in [0.25, 0.3) is 5.91 Å². The predicted octanol–water partition coefficient (Wildman–Crippen LogP) is 1.98. The summed E-state index contributed by atoms with van der Waals surface area (Å²) in [6, 6.07) is 4.46. The highest BCUT2D eigenvalue weighted by Gasteiger charge is 2.26. The van der Waals surface area contributed by atoms with Gasteiger partial charge in [-0.25, -0.2) is 4.39 Å².